The highest BCUT2D eigenvalue weighted by Gasteiger charge is 2.24. The minimum absolute atomic E-state index is 0.0187. The summed E-state index contributed by atoms with van der Waals surface area (Å²) in [6.07, 6.45) is -0.836. The van der Waals surface area contributed by atoms with E-state index in [2.05, 4.69) is 5.32 Å². The van der Waals surface area contributed by atoms with Gasteiger partial charge in [0.1, 0.15) is 11.6 Å². The van der Waals surface area contributed by atoms with Crippen LogP contribution in [-0.2, 0) is 9.53 Å². The van der Waals surface area contributed by atoms with Crippen LogP contribution in [0.4, 0.5) is 10.5 Å². The zero-order valence-electron chi connectivity index (χ0n) is 13.5. The van der Waals surface area contributed by atoms with E-state index in [0.717, 1.165) is 11.8 Å². The number of thioether (sulfide) groups is 1. The number of aliphatic carboxylic acids is 1. The summed E-state index contributed by atoms with van der Waals surface area (Å²) in [5.41, 5.74) is 1.44. The van der Waals surface area contributed by atoms with Crippen molar-refractivity contribution in [3.8, 4) is 6.07 Å². The molecule has 1 rings (SSSR count). The molecule has 0 unspecified atom stereocenters. The number of alkyl carbamates (subject to hydrolysis) is 1. The van der Waals surface area contributed by atoms with E-state index in [-0.39, 0.29) is 11.4 Å². The van der Waals surface area contributed by atoms with Crippen LogP contribution in [0.5, 0.6) is 0 Å². The van der Waals surface area contributed by atoms with E-state index < -0.39 is 23.7 Å². The lowest BCUT2D eigenvalue weighted by molar-refractivity contribution is -0.138. The quantitative estimate of drug-likeness (QED) is 0.525. The monoisotopic (exact) mass is 352 g/mol. The van der Waals surface area contributed by atoms with Crippen LogP contribution in [0, 0.1) is 16.5 Å². The molecule has 0 aliphatic heterocycles. The Hall–Kier alpha value is -2.44. The van der Waals surface area contributed by atoms with Gasteiger partial charge in [0.2, 0.25) is 0 Å². The lowest BCUT2D eigenvalue weighted by Crippen LogP contribution is -2.44. The van der Waals surface area contributed by atoms with Crippen LogP contribution in [0.15, 0.2) is 23.1 Å². The fourth-order valence-corrected chi connectivity index (χ4v) is 2.60. The molecule has 0 aliphatic rings. The third-order valence-corrected chi connectivity index (χ3v) is 3.78. The largest absolute Gasteiger partial charge is 0.761 e. The first-order chi connectivity index (χ1) is 11.2. The molecule has 0 radical (unpaired) electrons. The lowest BCUT2D eigenvalue weighted by atomic mass is 10.2. The highest BCUT2D eigenvalue weighted by molar-refractivity contribution is 7.99. The fraction of sp³-hybridized carbons (Fsp3) is 0.400. The van der Waals surface area contributed by atoms with Crippen molar-refractivity contribution >= 4 is 29.5 Å². The lowest BCUT2D eigenvalue weighted by Gasteiger charge is -2.22. The Morgan fingerprint density at radius 1 is 1.46 bits per heavy atom. The molecule has 1 aromatic rings. The number of amides is 1. The SMILES string of the molecule is CC(C)(C)OC(=O)N[C@@H](CSc1ccc(C#N)cc1N[O-])C(=O)O. The second-order valence-electron chi connectivity index (χ2n) is 5.77. The van der Waals surface area contributed by atoms with E-state index in [0.29, 0.717) is 10.5 Å². The summed E-state index contributed by atoms with van der Waals surface area (Å²) in [5, 5.41) is 31.2. The predicted octanol–water partition coefficient (Wildman–Crippen LogP) is 2.54. The van der Waals surface area contributed by atoms with E-state index in [1.165, 1.54) is 18.2 Å². The molecule has 1 amide bonds. The smallest absolute Gasteiger partial charge is 0.408 e. The molecular weight excluding hydrogens is 334 g/mol. The number of hydrogen-bond donors (Lipinski definition) is 3. The zero-order valence-corrected chi connectivity index (χ0v) is 14.3. The summed E-state index contributed by atoms with van der Waals surface area (Å²) < 4.78 is 5.02. The van der Waals surface area contributed by atoms with Gasteiger partial charge in [-0.2, -0.15) is 5.26 Å². The van der Waals surface area contributed by atoms with Crippen molar-refractivity contribution < 1.29 is 19.4 Å². The van der Waals surface area contributed by atoms with Crippen LogP contribution in [0.1, 0.15) is 26.3 Å². The van der Waals surface area contributed by atoms with Gasteiger partial charge in [0.05, 0.1) is 11.6 Å². The molecule has 1 atom stereocenters. The Balaban J connectivity index is 2.76. The number of anilines is 1. The van der Waals surface area contributed by atoms with E-state index in [1.807, 2.05) is 6.07 Å². The number of carboxylic acid groups (broad SMARTS) is 1. The molecule has 0 aliphatic carbocycles. The first-order valence-corrected chi connectivity index (χ1v) is 7.92. The Morgan fingerprint density at radius 2 is 2.12 bits per heavy atom. The minimum atomic E-state index is -1.22. The molecule has 0 spiro atoms. The third-order valence-electron chi connectivity index (χ3n) is 2.61. The van der Waals surface area contributed by atoms with Gasteiger partial charge in [-0.1, -0.05) is 0 Å². The first kappa shape index (κ1) is 19.6. The number of ether oxygens (including phenoxy) is 1. The molecule has 130 valence electrons. The van der Waals surface area contributed by atoms with Crippen molar-refractivity contribution in [2.75, 3.05) is 11.2 Å². The molecule has 24 heavy (non-hydrogen) atoms. The highest BCUT2D eigenvalue weighted by atomic mass is 32.2. The van der Waals surface area contributed by atoms with Crippen molar-refractivity contribution in [1.82, 2.24) is 5.32 Å². The maximum atomic E-state index is 11.7. The van der Waals surface area contributed by atoms with Crippen molar-refractivity contribution in [2.45, 2.75) is 37.3 Å². The average molecular weight is 352 g/mol. The summed E-state index contributed by atoms with van der Waals surface area (Å²) in [7, 11) is 0. The number of carbonyl (C=O) groups excluding carboxylic acids is 1. The summed E-state index contributed by atoms with van der Waals surface area (Å²) in [6.45, 7) is 5.00. The number of hydrogen-bond acceptors (Lipinski definition) is 7. The molecule has 1 aromatic carbocycles. The normalized spacial score (nSPS) is 12.0. The maximum absolute atomic E-state index is 11.7. The average Bonchev–Trinajstić information content (AvgIpc) is 2.49. The molecular formula is C15H18N3O5S-. The topological polar surface area (TPSA) is 135 Å². The van der Waals surface area contributed by atoms with Crippen LogP contribution in [0.2, 0.25) is 0 Å². The van der Waals surface area contributed by atoms with Gasteiger partial charge < -0.3 is 25.8 Å². The van der Waals surface area contributed by atoms with E-state index in [4.69, 9.17) is 10.00 Å². The first-order valence-electron chi connectivity index (χ1n) is 6.93. The Bertz CT molecular complexity index is 651. The Labute approximate surface area is 143 Å². The van der Waals surface area contributed by atoms with Gasteiger partial charge in [-0.25, -0.2) is 9.59 Å². The molecule has 8 nitrogen and oxygen atoms in total. The molecule has 0 saturated heterocycles. The molecule has 0 bridgehead atoms. The highest BCUT2D eigenvalue weighted by Crippen LogP contribution is 2.28. The fourth-order valence-electron chi connectivity index (χ4n) is 1.60. The van der Waals surface area contributed by atoms with Crippen LogP contribution in [0.3, 0.4) is 0 Å². The maximum Gasteiger partial charge on any atom is 0.408 e. The van der Waals surface area contributed by atoms with Gasteiger partial charge in [0.25, 0.3) is 0 Å². The second kappa shape index (κ2) is 8.42. The molecule has 0 fully saturated rings. The van der Waals surface area contributed by atoms with Crippen molar-refractivity contribution in [3.63, 3.8) is 0 Å². The molecule has 0 aromatic heterocycles. The summed E-state index contributed by atoms with van der Waals surface area (Å²) >= 11 is 1.06. The van der Waals surface area contributed by atoms with Crippen LogP contribution >= 0.6 is 11.8 Å². The Kier molecular flexibility index (Phi) is 6.88. The van der Waals surface area contributed by atoms with E-state index in [1.54, 1.807) is 26.3 Å². The van der Waals surface area contributed by atoms with Crippen molar-refractivity contribution in [1.29, 1.82) is 5.26 Å². The van der Waals surface area contributed by atoms with Gasteiger partial charge >= 0.3 is 12.1 Å². The summed E-state index contributed by atoms with van der Waals surface area (Å²) in [5.74, 6) is -1.24. The molecule has 9 heteroatoms. The number of carbonyl (C=O) groups is 2. The van der Waals surface area contributed by atoms with E-state index in [9.17, 15) is 19.9 Å². The van der Waals surface area contributed by atoms with Crippen LogP contribution < -0.4 is 10.8 Å². The van der Waals surface area contributed by atoms with Gasteiger partial charge in [-0.05, 0) is 39.0 Å². The summed E-state index contributed by atoms with van der Waals surface area (Å²) in [6, 6.07) is 5.13. The zero-order chi connectivity index (χ0) is 18.3. The number of nitrogens with zero attached hydrogens (tertiary/aromatic N) is 1. The van der Waals surface area contributed by atoms with Crippen LogP contribution in [0.25, 0.3) is 0 Å². The number of rotatable bonds is 6. The second-order valence-corrected chi connectivity index (χ2v) is 6.83. The van der Waals surface area contributed by atoms with Crippen LogP contribution in [-0.4, -0.2) is 34.6 Å². The van der Waals surface area contributed by atoms with Gasteiger partial charge in [0.15, 0.2) is 0 Å². The van der Waals surface area contributed by atoms with Gasteiger partial charge in [0, 0.05) is 16.3 Å². The van der Waals surface area contributed by atoms with E-state index >= 15 is 0 Å². The standard InChI is InChI=1S/C15H18N3O5S/c1-15(2,3)23-14(21)17-11(13(19)20)8-24-12-5-4-9(7-16)6-10(12)18-22/h4-6,11,18H,8H2,1-3H3,(H,17,21)(H,19,20)/q-1/t11-/m0/s1. The van der Waals surface area contributed by atoms with Crippen molar-refractivity contribution in [3.05, 3.63) is 29.0 Å². The number of nitrogens with one attached hydrogen (secondary N) is 2. The number of nitriles is 1. The Morgan fingerprint density at radius 3 is 2.62 bits per heavy atom. The van der Waals surface area contributed by atoms with Gasteiger partial charge in [-0.15, -0.1) is 11.8 Å². The number of carboxylic acids is 1. The number of benzene rings is 1. The minimum Gasteiger partial charge on any atom is -0.761 e. The van der Waals surface area contributed by atoms with Crippen molar-refractivity contribution in [2.24, 2.45) is 0 Å². The van der Waals surface area contributed by atoms with Gasteiger partial charge in [-0.3, -0.25) is 0 Å². The molecule has 3 N–H and O–H groups in total. The predicted molar refractivity (Wildman–Crippen MR) is 89.7 cm³/mol. The molecule has 0 saturated carbocycles. The third kappa shape index (κ3) is 6.36. The molecule has 0 heterocycles. The summed E-state index contributed by atoms with van der Waals surface area (Å²) in [4.78, 5) is 23.4.